The predicted octanol–water partition coefficient (Wildman–Crippen LogP) is 4.40. The molecule has 0 aromatic heterocycles. The van der Waals surface area contributed by atoms with Crippen molar-refractivity contribution in [2.24, 2.45) is 0 Å². The quantitative estimate of drug-likeness (QED) is 0.755. The molecule has 4 heteroatoms. The number of hydrogen-bond acceptors (Lipinski definition) is 3. The highest BCUT2D eigenvalue weighted by molar-refractivity contribution is 6.30. The fourth-order valence-corrected chi connectivity index (χ4v) is 2.86. The standard InChI is InChI=1S/C16H21ClN2O/c1-3-16(4-2)12-19(10-6-5-9-18)14-11-13(17)7-8-15(14)20-16/h7-8,11H,3-6,10,12H2,1-2H3. The maximum Gasteiger partial charge on any atom is 0.143 e. The first-order valence-electron chi connectivity index (χ1n) is 7.24. The van der Waals surface area contributed by atoms with Gasteiger partial charge in [-0.25, -0.2) is 0 Å². The molecule has 0 spiro atoms. The predicted molar refractivity (Wildman–Crippen MR) is 82.5 cm³/mol. The summed E-state index contributed by atoms with van der Waals surface area (Å²) in [6, 6.07) is 7.99. The Morgan fingerprint density at radius 2 is 2.15 bits per heavy atom. The molecule has 0 N–H and O–H groups in total. The minimum absolute atomic E-state index is 0.131. The zero-order valence-electron chi connectivity index (χ0n) is 12.2. The number of halogens is 1. The molecule has 108 valence electrons. The highest BCUT2D eigenvalue weighted by Gasteiger charge is 2.36. The van der Waals surface area contributed by atoms with E-state index >= 15 is 0 Å². The van der Waals surface area contributed by atoms with Crippen molar-refractivity contribution in [3.8, 4) is 11.8 Å². The SMILES string of the molecule is CCC1(CC)CN(CCCC#N)c2cc(Cl)ccc2O1. The van der Waals surface area contributed by atoms with Crippen LogP contribution in [0.2, 0.25) is 5.02 Å². The maximum atomic E-state index is 8.72. The smallest absolute Gasteiger partial charge is 0.143 e. The van der Waals surface area contributed by atoms with Crippen molar-refractivity contribution in [1.82, 2.24) is 0 Å². The fraction of sp³-hybridized carbons (Fsp3) is 0.562. The van der Waals surface area contributed by atoms with Crippen LogP contribution < -0.4 is 9.64 Å². The first kappa shape index (κ1) is 15.0. The first-order chi connectivity index (χ1) is 9.64. The molecule has 1 aliphatic rings. The number of nitriles is 1. The lowest BCUT2D eigenvalue weighted by atomic mass is 9.93. The molecule has 1 heterocycles. The van der Waals surface area contributed by atoms with Crippen LogP contribution >= 0.6 is 11.6 Å². The highest BCUT2D eigenvalue weighted by atomic mass is 35.5. The molecule has 0 aliphatic carbocycles. The van der Waals surface area contributed by atoms with Gasteiger partial charge in [0.15, 0.2) is 0 Å². The number of rotatable bonds is 5. The second-order valence-corrected chi connectivity index (χ2v) is 5.72. The van der Waals surface area contributed by atoms with E-state index in [4.69, 9.17) is 21.6 Å². The Bertz CT molecular complexity index is 506. The Morgan fingerprint density at radius 1 is 1.40 bits per heavy atom. The summed E-state index contributed by atoms with van der Waals surface area (Å²) in [4.78, 5) is 2.31. The van der Waals surface area contributed by atoms with E-state index in [1.165, 1.54) is 0 Å². The van der Waals surface area contributed by atoms with Gasteiger partial charge in [0.05, 0.1) is 18.3 Å². The highest BCUT2D eigenvalue weighted by Crippen LogP contribution is 2.41. The Hall–Kier alpha value is -1.40. The van der Waals surface area contributed by atoms with E-state index in [-0.39, 0.29) is 5.60 Å². The van der Waals surface area contributed by atoms with E-state index in [0.29, 0.717) is 6.42 Å². The van der Waals surface area contributed by atoms with Crippen LogP contribution in [0.5, 0.6) is 5.75 Å². The average molecular weight is 293 g/mol. The molecule has 3 nitrogen and oxygen atoms in total. The lowest BCUT2D eigenvalue weighted by molar-refractivity contribution is 0.0574. The summed E-state index contributed by atoms with van der Waals surface area (Å²) in [5, 5.41) is 9.44. The molecule has 0 amide bonds. The molecule has 0 atom stereocenters. The van der Waals surface area contributed by atoms with Gasteiger partial charge in [-0.05, 0) is 37.5 Å². The lowest BCUT2D eigenvalue weighted by Gasteiger charge is -2.44. The third-order valence-electron chi connectivity index (χ3n) is 4.07. The molecular formula is C16H21ClN2O. The Morgan fingerprint density at radius 3 is 2.80 bits per heavy atom. The molecule has 0 saturated heterocycles. The van der Waals surface area contributed by atoms with E-state index < -0.39 is 0 Å². The van der Waals surface area contributed by atoms with Crippen molar-refractivity contribution in [3.05, 3.63) is 23.2 Å². The van der Waals surface area contributed by atoms with Gasteiger partial charge in [0.2, 0.25) is 0 Å². The molecular weight excluding hydrogens is 272 g/mol. The summed E-state index contributed by atoms with van der Waals surface area (Å²) in [7, 11) is 0. The van der Waals surface area contributed by atoms with Crippen molar-refractivity contribution in [2.45, 2.75) is 45.1 Å². The minimum Gasteiger partial charge on any atom is -0.483 e. The second kappa shape index (κ2) is 6.37. The molecule has 0 saturated carbocycles. The van der Waals surface area contributed by atoms with E-state index in [1.807, 2.05) is 18.2 Å². The zero-order chi connectivity index (χ0) is 14.6. The molecule has 2 rings (SSSR count). The number of fused-ring (bicyclic) bond motifs is 1. The van der Waals surface area contributed by atoms with Gasteiger partial charge in [-0.2, -0.15) is 5.26 Å². The topological polar surface area (TPSA) is 36.3 Å². The number of ether oxygens (including phenoxy) is 1. The van der Waals surface area contributed by atoms with Gasteiger partial charge >= 0.3 is 0 Å². The lowest BCUT2D eigenvalue weighted by Crippen LogP contribution is -2.50. The molecule has 0 radical (unpaired) electrons. The van der Waals surface area contributed by atoms with Gasteiger partial charge < -0.3 is 9.64 Å². The van der Waals surface area contributed by atoms with Crippen molar-refractivity contribution < 1.29 is 4.74 Å². The minimum atomic E-state index is -0.131. The van der Waals surface area contributed by atoms with Crippen LogP contribution in [-0.4, -0.2) is 18.7 Å². The van der Waals surface area contributed by atoms with Crippen molar-refractivity contribution in [1.29, 1.82) is 5.26 Å². The monoisotopic (exact) mass is 292 g/mol. The summed E-state index contributed by atoms with van der Waals surface area (Å²) in [6.45, 7) is 6.06. The van der Waals surface area contributed by atoms with Gasteiger partial charge in [-0.3, -0.25) is 0 Å². The number of hydrogen-bond donors (Lipinski definition) is 0. The van der Waals surface area contributed by atoms with E-state index in [0.717, 1.165) is 48.8 Å². The molecule has 1 aromatic rings. The van der Waals surface area contributed by atoms with Crippen molar-refractivity contribution in [3.63, 3.8) is 0 Å². The average Bonchev–Trinajstić information content (AvgIpc) is 2.47. The molecule has 0 bridgehead atoms. The van der Waals surface area contributed by atoms with Gasteiger partial charge in [-0.1, -0.05) is 25.4 Å². The maximum absolute atomic E-state index is 8.72. The molecule has 1 aliphatic heterocycles. The Labute approximate surface area is 126 Å². The van der Waals surface area contributed by atoms with Crippen LogP contribution in [0.25, 0.3) is 0 Å². The third-order valence-corrected chi connectivity index (χ3v) is 4.31. The number of benzene rings is 1. The van der Waals surface area contributed by atoms with Gasteiger partial charge in [0.25, 0.3) is 0 Å². The fourth-order valence-electron chi connectivity index (χ4n) is 2.69. The van der Waals surface area contributed by atoms with Gasteiger partial charge in [0.1, 0.15) is 11.4 Å². The van der Waals surface area contributed by atoms with E-state index in [2.05, 4.69) is 24.8 Å². The van der Waals surface area contributed by atoms with Crippen molar-refractivity contribution >= 4 is 17.3 Å². The number of unbranched alkanes of at least 4 members (excludes halogenated alkanes) is 1. The largest absolute Gasteiger partial charge is 0.483 e. The number of anilines is 1. The van der Waals surface area contributed by atoms with Gasteiger partial charge in [0, 0.05) is 18.0 Å². The van der Waals surface area contributed by atoms with E-state index in [1.54, 1.807) is 0 Å². The van der Waals surface area contributed by atoms with Crippen LogP contribution in [-0.2, 0) is 0 Å². The normalized spacial score (nSPS) is 16.2. The van der Waals surface area contributed by atoms with Crippen LogP contribution in [0.4, 0.5) is 5.69 Å². The third kappa shape index (κ3) is 3.02. The van der Waals surface area contributed by atoms with Crippen LogP contribution in [0.3, 0.4) is 0 Å². The molecule has 0 fully saturated rings. The number of nitrogens with zero attached hydrogens (tertiary/aromatic N) is 2. The summed E-state index contributed by atoms with van der Waals surface area (Å²) in [5.41, 5.74) is 0.918. The van der Waals surface area contributed by atoms with Gasteiger partial charge in [-0.15, -0.1) is 0 Å². The summed E-state index contributed by atoms with van der Waals surface area (Å²) >= 11 is 6.11. The van der Waals surface area contributed by atoms with Crippen LogP contribution in [0.15, 0.2) is 18.2 Å². The van der Waals surface area contributed by atoms with E-state index in [9.17, 15) is 0 Å². The summed E-state index contributed by atoms with van der Waals surface area (Å²) in [6.07, 6.45) is 3.39. The van der Waals surface area contributed by atoms with Crippen molar-refractivity contribution in [2.75, 3.05) is 18.0 Å². The summed E-state index contributed by atoms with van der Waals surface area (Å²) < 4.78 is 6.24. The first-order valence-corrected chi connectivity index (χ1v) is 7.62. The Balaban J connectivity index is 2.29. The Kier molecular flexibility index (Phi) is 4.77. The molecule has 20 heavy (non-hydrogen) atoms. The zero-order valence-corrected chi connectivity index (χ0v) is 12.9. The van der Waals surface area contributed by atoms with Crippen LogP contribution in [0.1, 0.15) is 39.5 Å². The van der Waals surface area contributed by atoms with Crippen LogP contribution in [0, 0.1) is 11.3 Å². The molecule has 1 aromatic carbocycles. The second-order valence-electron chi connectivity index (χ2n) is 5.29. The molecule has 0 unspecified atom stereocenters. The summed E-state index contributed by atoms with van der Waals surface area (Å²) in [5.74, 6) is 0.904.